The molecule has 110 valence electrons. The van der Waals surface area contributed by atoms with E-state index in [4.69, 9.17) is 4.74 Å². The van der Waals surface area contributed by atoms with E-state index in [0.29, 0.717) is 11.5 Å². The average Bonchev–Trinajstić information content (AvgIpc) is 2.48. The first-order valence-electron chi connectivity index (χ1n) is 5.98. The monoisotopic (exact) mass is 292 g/mol. The molecule has 8 heteroatoms. The van der Waals surface area contributed by atoms with Crippen LogP contribution in [0.15, 0.2) is 30.3 Å². The van der Waals surface area contributed by atoms with Crippen molar-refractivity contribution in [2.75, 3.05) is 24.8 Å². The predicted octanol–water partition coefficient (Wildman–Crippen LogP) is 2.92. The van der Waals surface area contributed by atoms with E-state index in [1.54, 1.807) is 7.05 Å². The fourth-order valence-corrected chi connectivity index (χ4v) is 1.70. The van der Waals surface area contributed by atoms with Crippen molar-refractivity contribution in [1.82, 2.24) is 4.98 Å². The molecule has 0 fully saturated rings. The standard InChI is InChI=1S/C13H13FN4O3/c1-15-12-6-9(18(19)20)7-13(17-12)16-8-3-4-10(14)11(5-8)21-2/h3-7H,1-2H3,(H2,15,16,17). The normalized spacial score (nSPS) is 10.0. The number of halogens is 1. The van der Waals surface area contributed by atoms with Gasteiger partial charge in [-0.2, -0.15) is 0 Å². The molecule has 0 aliphatic carbocycles. The summed E-state index contributed by atoms with van der Waals surface area (Å²) >= 11 is 0. The number of methoxy groups -OCH3 is 1. The molecule has 0 saturated carbocycles. The van der Waals surface area contributed by atoms with E-state index in [0.717, 1.165) is 0 Å². The lowest BCUT2D eigenvalue weighted by Gasteiger charge is -2.09. The molecule has 0 amide bonds. The van der Waals surface area contributed by atoms with Crippen LogP contribution < -0.4 is 15.4 Å². The zero-order chi connectivity index (χ0) is 15.4. The van der Waals surface area contributed by atoms with Gasteiger partial charge in [-0.05, 0) is 12.1 Å². The molecule has 0 atom stereocenters. The van der Waals surface area contributed by atoms with E-state index in [-0.39, 0.29) is 17.3 Å². The number of hydrogen-bond donors (Lipinski definition) is 2. The van der Waals surface area contributed by atoms with Crippen LogP contribution in [0.25, 0.3) is 0 Å². The predicted molar refractivity (Wildman–Crippen MR) is 76.7 cm³/mol. The lowest BCUT2D eigenvalue weighted by Crippen LogP contribution is -2.01. The Labute approximate surface area is 119 Å². The van der Waals surface area contributed by atoms with Crippen molar-refractivity contribution >= 4 is 23.0 Å². The van der Waals surface area contributed by atoms with E-state index >= 15 is 0 Å². The third-order valence-electron chi connectivity index (χ3n) is 2.70. The largest absolute Gasteiger partial charge is 0.494 e. The Morgan fingerprint density at radius 1 is 1.29 bits per heavy atom. The molecule has 0 saturated heterocycles. The first kappa shape index (κ1) is 14.5. The summed E-state index contributed by atoms with van der Waals surface area (Å²) in [6, 6.07) is 6.76. The summed E-state index contributed by atoms with van der Waals surface area (Å²) in [6.45, 7) is 0. The Hall–Kier alpha value is -2.90. The summed E-state index contributed by atoms with van der Waals surface area (Å²) in [4.78, 5) is 14.5. The van der Waals surface area contributed by atoms with Crippen LogP contribution in [0.3, 0.4) is 0 Å². The van der Waals surface area contributed by atoms with Gasteiger partial charge in [-0.25, -0.2) is 9.37 Å². The molecule has 1 aromatic heterocycles. The van der Waals surface area contributed by atoms with E-state index in [1.807, 2.05) is 0 Å². The van der Waals surface area contributed by atoms with E-state index < -0.39 is 10.7 Å². The van der Waals surface area contributed by atoms with Crippen molar-refractivity contribution < 1.29 is 14.1 Å². The molecule has 0 radical (unpaired) electrons. The lowest BCUT2D eigenvalue weighted by molar-refractivity contribution is -0.384. The van der Waals surface area contributed by atoms with Gasteiger partial charge in [0.1, 0.15) is 11.6 Å². The second-order valence-corrected chi connectivity index (χ2v) is 4.08. The third-order valence-corrected chi connectivity index (χ3v) is 2.70. The van der Waals surface area contributed by atoms with Crippen molar-refractivity contribution in [3.63, 3.8) is 0 Å². The number of nitro groups is 1. The fraction of sp³-hybridized carbons (Fsp3) is 0.154. The first-order valence-corrected chi connectivity index (χ1v) is 5.98. The molecule has 7 nitrogen and oxygen atoms in total. The van der Waals surface area contributed by atoms with Crippen LogP contribution in [0.5, 0.6) is 5.75 Å². The van der Waals surface area contributed by atoms with Crippen LogP contribution in [0.2, 0.25) is 0 Å². The molecule has 0 spiro atoms. The number of ether oxygens (including phenoxy) is 1. The van der Waals surface area contributed by atoms with Gasteiger partial charge in [0, 0.05) is 18.8 Å². The summed E-state index contributed by atoms with van der Waals surface area (Å²) in [6.07, 6.45) is 0. The first-order chi connectivity index (χ1) is 10.0. The van der Waals surface area contributed by atoms with Gasteiger partial charge >= 0.3 is 0 Å². The summed E-state index contributed by atoms with van der Waals surface area (Å²) < 4.78 is 18.2. The van der Waals surface area contributed by atoms with Crippen molar-refractivity contribution in [2.45, 2.75) is 0 Å². The van der Waals surface area contributed by atoms with Crippen molar-refractivity contribution in [1.29, 1.82) is 0 Å². The summed E-state index contributed by atoms with van der Waals surface area (Å²) in [7, 11) is 2.96. The highest BCUT2D eigenvalue weighted by Crippen LogP contribution is 2.26. The summed E-state index contributed by atoms with van der Waals surface area (Å²) in [5, 5.41) is 16.5. The van der Waals surface area contributed by atoms with E-state index in [2.05, 4.69) is 15.6 Å². The van der Waals surface area contributed by atoms with Crippen LogP contribution in [0.4, 0.5) is 27.4 Å². The van der Waals surface area contributed by atoms with Crippen LogP contribution in [-0.2, 0) is 0 Å². The second kappa shape index (κ2) is 6.04. The van der Waals surface area contributed by atoms with Gasteiger partial charge in [-0.15, -0.1) is 0 Å². The van der Waals surface area contributed by atoms with Gasteiger partial charge in [0.25, 0.3) is 5.69 Å². The van der Waals surface area contributed by atoms with Crippen LogP contribution in [0, 0.1) is 15.9 Å². The molecule has 1 aromatic carbocycles. The maximum atomic E-state index is 13.3. The van der Waals surface area contributed by atoms with Gasteiger partial charge < -0.3 is 15.4 Å². The second-order valence-electron chi connectivity index (χ2n) is 4.08. The smallest absolute Gasteiger partial charge is 0.276 e. The van der Waals surface area contributed by atoms with E-state index in [1.165, 1.54) is 37.4 Å². The number of rotatable bonds is 5. The minimum Gasteiger partial charge on any atom is -0.494 e. The molecule has 2 rings (SSSR count). The summed E-state index contributed by atoms with van der Waals surface area (Å²) in [5.41, 5.74) is 0.397. The highest BCUT2D eigenvalue weighted by Gasteiger charge is 2.11. The van der Waals surface area contributed by atoms with Crippen LogP contribution >= 0.6 is 0 Å². The van der Waals surface area contributed by atoms with E-state index in [9.17, 15) is 14.5 Å². The zero-order valence-electron chi connectivity index (χ0n) is 11.4. The topological polar surface area (TPSA) is 89.3 Å². The quantitative estimate of drug-likeness (QED) is 0.650. The van der Waals surface area contributed by atoms with Crippen LogP contribution in [-0.4, -0.2) is 24.1 Å². The zero-order valence-corrected chi connectivity index (χ0v) is 11.4. The number of aromatic nitrogens is 1. The molecule has 0 unspecified atom stereocenters. The maximum Gasteiger partial charge on any atom is 0.276 e. The maximum absolute atomic E-state index is 13.3. The highest BCUT2D eigenvalue weighted by atomic mass is 19.1. The van der Waals surface area contributed by atoms with Crippen LogP contribution in [0.1, 0.15) is 0 Å². The van der Waals surface area contributed by atoms with Gasteiger partial charge in [0.2, 0.25) is 0 Å². The van der Waals surface area contributed by atoms with Gasteiger partial charge in [0.15, 0.2) is 11.6 Å². The number of anilines is 3. The molecule has 2 aromatic rings. The van der Waals surface area contributed by atoms with Crippen molar-refractivity contribution in [2.24, 2.45) is 0 Å². The Balaban J connectivity index is 2.34. The third kappa shape index (κ3) is 3.35. The molecule has 0 aliphatic rings. The molecule has 1 heterocycles. The number of hydrogen-bond acceptors (Lipinski definition) is 6. The fourth-order valence-electron chi connectivity index (χ4n) is 1.70. The molecule has 2 N–H and O–H groups in total. The van der Waals surface area contributed by atoms with Crippen molar-refractivity contribution in [3.8, 4) is 5.75 Å². The number of benzene rings is 1. The van der Waals surface area contributed by atoms with Gasteiger partial charge in [-0.1, -0.05) is 0 Å². The van der Waals surface area contributed by atoms with Gasteiger partial charge in [0.05, 0.1) is 24.2 Å². The number of pyridine rings is 1. The Morgan fingerprint density at radius 2 is 2.00 bits per heavy atom. The van der Waals surface area contributed by atoms with Gasteiger partial charge in [-0.3, -0.25) is 10.1 Å². The van der Waals surface area contributed by atoms with Crippen molar-refractivity contribution in [3.05, 3.63) is 46.3 Å². The summed E-state index contributed by atoms with van der Waals surface area (Å²) in [5.74, 6) is 0.188. The molecule has 21 heavy (non-hydrogen) atoms. The number of nitrogens with one attached hydrogen (secondary N) is 2. The molecular weight excluding hydrogens is 279 g/mol. The lowest BCUT2D eigenvalue weighted by atomic mass is 10.3. The highest BCUT2D eigenvalue weighted by molar-refractivity contribution is 5.63. The molecule has 0 bridgehead atoms. The minimum absolute atomic E-state index is 0.0688. The Morgan fingerprint density at radius 3 is 2.62 bits per heavy atom. The Bertz CT molecular complexity index is 678. The average molecular weight is 292 g/mol. The number of nitrogens with zero attached hydrogens (tertiary/aromatic N) is 2. The minimum atomic E-state index is -0.515. The molecule has 0 aliphatic heterocycles. The Kier molecular flexibility index (Phi) is 4.17. The SMILES string of the molecule is CNc1cc([N+](=O)[O-])cc(Nc2ccc(F)c(OC)c2)n1. The molecular formula is C13H13FN4O3.